The first kappa shape index (κ1) is 11.5. The fourth-order valence-corrected chi connectivity index (χ4v) is 1.18. The zero-order valence-corrected chi connectivity index (χ0v) is 9.60. The molecule has 0 saturated heterocycles. The highest BCUT2D eigenvalue weighted by Crippen LogP contribution is 2.24. The molecule has 0 radical (unpaired) electrons. The molecule has 0 spiro atoms. The van der Waals surface area contributed by atoms with Crippen molar-refractivity contribution < 1.29 is 4.74 Å². The quantitative estimate of drug-likeness (QED) is 0.714. The Morgan fingerprint density at radius 2 is 1.83 bits per heavy atom. The molecule has 0 heterocycles. The lowest BCUT2D eigenvalue weighted by Crippen LogP contribution is -1.84. The Hall–Kier alpha value is -0.500. The minimum absolute atomic E-state index is 0.889. The van der Waals surface area contributed by atoms with Crippen molar-refractivity contribution >= 4 is 15.9 Å². The lowest BCUT2D eigenvalue weighted by molar-refractivity contribution is 0.412. The van der Waals surface area contributed by atoms with Crippen LogP contribution in [0.5, 0.6) is 5.75 Å². The van der Waals surface area contributed by atoms with Crippen LogP contribution < -0.4 is 4.74 Å². The topological polar surface area (TPSA) is 9.23 Å². The number of benzene rings is 1. The minimum Gasteiger partial charge on any atom is -0.496 e. The van der Waals surface area contributed by atoms with Gasteiger partial charge in [0.15, 0.2) is 0 Å². The summed E-state index contributed by atoms with van der Waals surface area (Å²) in [6, 6.07) is 6.00. The van der Waals surface area contributed by atoms with Crippen LogP contribution in [0.3, 0.4) is 0 Å². The second-order valence-electron chi connectivity index (χ2n) is 2.14. The molecule has 0 aliphatic carbocycles. The average Bonchev–Trinajstić information content (AvgIpc) is 2.13. The van der Waals surface area contributed by atoms with Gasteiger partial charge in [0.05, 0.1) is 11.6 Å². The van der Waals surface area contributed by atoms with Crippen molar-refractivity contribution in [3.8, 4) is 5.75 Å². The first-order chi connectivity index (χ1) is 5.74. The Bertz CT molecular complexity index is 233. The van der Waals surface area contributed by atoms with Gasteiger partial charge in [0.2, 0.25) is 0 Å². The number of methoxy groups -OCH3 is 1. The van der Waals surface area contributed by atoms with E-state index in [2.05, 4.69) is 15.9 Å². The highest BCUT2D eigenvalue weighted by molar-refractivity contribution is 9.10. The summed E-state index contributed by atoms with van der Waals surface area (Å²) >= 11 is 3.37. The van der Waals surface area contributed by atoms with E-state index in [0.29, 0.717) is 0 Å². The molecule has 0 amide bonds. The molecule has 1 aromatic rings. The molecular formula is C10H15BrO. The van der Waals surface area contributed by atoms with Crippen LogP contribution in [0.4, 0.5) is 0 Å². The summed E-state index contributed by atoms with van der Waals surface area (Å²) in [7, 11) is 1.67. The molecular weight excluding hydrogens is 216 g/mol. The molecule has 0 N–H and O–H groups in total. The molecule has 68 valence electrons. The van der Waals surface area contributed by atoms with Crippen LogP contribution in [0.2, 0.25) is 0 Å². The molecule has 12 heavy (non-hydrogen) atoms. The largest absolute Gasteiger partial charge is 0.496 e. The van der Waals surface area contributed by atoms with Crippen LogP contribution in [0, 0.1) is 6.92 Å². The fourth-order valence-electron chi connectivity index (χ4n) is 0.767. The lowest BCUT2D eigenvalue weighted by Gasteiger charge is -2.02. The van der Waals surface area contributed by atoms with Crippen molar-refractivity contribution in [2.75, 3.05) is 7.11 Å². The molecule has 0 fully saturated rings. The Morgan fingerprint density at radius 1 is 1.25 bits per heavy atom. The van der Waals surface area contributed by atoms with Gasteiger partial charge in [-0.2, -0.15) is 0 Å². The van der Waals surface area contributed by atoms with Crippen LogP contribution in [-0.4, -0.2) is 7.11 Å². The van der Waals surface area contributed by atoms with Gasteiger partial charge >= 0.3 is 0 Å². The molecule has 1 rings (SSSR count). The van der Waals surface area contributed by atoms with E-state index in [1.54, 1.807) is 7.11 Å². The van der Waals surface area contributed by atoms with Gasteiger partial charge in [-0.05, 0) is 40.5 Å². The smallest absolute Gasteiger partial charge is 0.133 e. The second-order valence-corrected chi connectivity index (χ2v) is 2.99. The van der Waals surface area contributed by atoms with Crippen molar-refractivity contribution in [3.63, 3.8) is 0 Å². The highest BCUT2D eigenvalue weighted by Gasteiger charge is 1.96. The number of ether oxygens (including phenoxy) is 1. The van der Waals surface area contributed by atoms with Gasteiger partial charge in [-0.25, -0.2) is 0 Å². The molecule has 0 atom stereocenters. The van der Waals surface area contributed by atoms with Crippen molar-refractivity contribution in [2.24, 2.45) is 0 Å². The van der Waals surface area contributed by atoms with Gasteiger partial charge in [0.25, 0.3) is 0 Å². The average molecular weight is 231 g/mol. The third kappa shape index (κ3) is 3.26. The normalized spacial score (nSPS) is 8.42. The molecule has 0 aliphatic heterocycles. The van der Waals surface area contributed by atoms with Gasteiger partial charge in [-0.15, -0.1) is 0 Å². The summed E-state index contributed by atoms with van der Waals surface area (Å²) in [4.78, 5) is 0. The molecule has 0 saturated carbocycles. The van der Waals surface area contributed by atoms with Gasteiger partial charge in [-0.1, -0.05) is 19.9 Å². The second kappa shape index (κ2) is 6.06. The van der Waals surface area contributed by atoms with Crippen LogP contribution in [0.25, 0.3) is 0 Å². The van der Waals surface area contributed by atoms with E-state index in [0.717, 1.165) is 10.2 Å². The van der Waals surface area contributed by atoms with Gasteiger partial charge in [0.1, 0.15) is 5.75 Å². The SMILES string of the molecule is CC.COc1cc(C)ccc1Br. The van der Waals surface area contributed by atoms with E-state index in [9.17, 15) is 0 Å². The van der Waals surface area contributed by atoms with E-state index in [1.807, 2.05) is 39.0 Å². The number of hydrogen-bond acceptors (Lipinski definition) is 1. The van der Waals surface area contributed by atoms with E-state index < -0.39 is 0 Å². The Balaban J connectivity index is 0.000000561. The third-order valence-corrected chi connectivity index (χ3v) is 1.96. The van der Waals surface area contributed by atoms with Crippen LogP contribution in [0.1, 0.15) is 19.4 Å². The summed E-state index contributed by atoms with van der Waals surface area (Å²) in [5.41, 5.74) is 1.21. The van der Waals surface area contributed by atoms with Crippen molar-refractivity contribution in [1.29, 1.82) is 0 Å². The first-order valence-corrected chi connectivity index (χ1v) is 4.83. The molecule has 0 aromatic heterocycles. The molecule has 1 aromatic carbocycles. The summed E-state index contributed by atoms with van der Waals surface area (Å²) in [6.45, 7) is 6.04. The maximum absolute atomic E-state index is 5.08. The predicted octanol–water partition coefficient (Wildman–Crippen LogP) is 3.79. The van der Waals surface area contributed by atoms with E-state index >= 15 is 0 Å². The van der Waals surface area contributed by atoms with Gasteiger partial charge in [0, 0.05) is 0 Å². The number of rotatable bonds is 1. The van der Waals surface area contributed by atoms with Crippen LogP contribution in [0.15, 0.2) is 22.7 Å². The van der Waals surface area contributed by atoms with E-state index in [4.69, 9.17) is 4.74 Å². The summed E-state index contributed by atoms with van der Waals surface area (Å²) in [6.07, 6.45) is 0. The minimum atomic E-state index is 0.889. The lowest BCUT2D eigenvalue weighted by atomic mass is 10.2. The number of halogens is 1. The molecule has 0 bridgehead atoms. The maximum atomic E-state index is 5.08. The number of hydrogen-bond donors (Lipinski definition) is 0. The summed E-state index contributed by atoms with van der Waals surface area (Å²) < 4.78 is 6.08. The van der Waals surface area contributed by atoms with Crippen LogP contribution >= 0.6 is 15.9 Å². The predicted molar refractivity (Wildman–Crippen MR) is 56.8 cm³/mol. The summed E-state index contributed by atoms with van der Waals surface area (Å²) in [5, 5.41) is 0. The zero-order chi connectivity index (χ0) is 9.56. The molecule has 2 heteroatoms. The van der Waals surface area contributed by atoms with E-state index in [-0.39, 0.29) is 0 Å². The van der Waals surface area contributed by atoms with Crippen molar-refractivity contribution in [2.45, 2.75) is 20.8 Å². The Morgan fingerprint density at radius 3 is 2.25 bits per heavy atom. The maximum Gasteiger partial charge on any atom is 0.133 e. The molecule has 0 unspecified atom stereocenters. The Kier molecular flexibility index (Phi) is 5.81. The first-order valence-electron chi connectivity index (χ1n) is 4.04. The summed E-state index contributed by atoms with van der Waals surface area (Å²) in [5.74, 6) is 0.889. The van der Waals surface area contributed by atoms with Crippen molar-refractivity contribution in [1.82, 2.24) is 0 Å². The van der Waals surface area contributed by atoms with Gasteiger partial charge < -0.3 is 4.74 Å². The molecule has 0 aliphatic rings. The third-order valence-electron chi connectivity index (χ3n) is 1.31. The Labute approximate surface area is 82.9 Å². The number of aryl methyl sites for hydroxylation is 1. The van der Waals surface area contributed by atoms with Crippen LogP contribution in [-0.2, 0) is 0 Å². The zero-order valence-electron chi connectivity index (χ0n) is 8.02. The standard InChI is InChI=1S/C8H9BrO.C2H6/c1-6-3-4-7(9)8(5-6)10-2;1-2/h3-5H,1-2H3;1-2H3. The fraction of sp³-hybridized carbons (Fsp3) is 0.400. The van der Waals surface area contributed by atoms with E-state index in [1.165, 1.54) is 5.56 Å². The molecule has 1 nitrogen and oxygen atoms in total. The highest BCUT2D eigenvalue weighted by atomic mass is 79.9. The monoisotopic (exact) mass is 230 g/mol. The van der Waals surface area contributed by atoms with Crippen molar-refractivity contribution in [3.05, 3.63) is 28.2 Å². The van der Waals surface area contributed by atoms with Gasteiger partial charge in [-0.3, -0.25) is 0 Å².